The monoisotopic (exact) mass is 358 g/mol. The van der Waals surface area contributed by atoms with E-state index in [0.717, 1.165) is 0 Å². The van der Waals surface area contributed by atoms with E-state index >= 15 is 0 Å². The molecule has 1 aromatic rings. The van der Waals surface area contributed by atoms with Crippen molar-refractivity contribution in [3.63, 3.8) is 0 Å². The highest BCUT2D eigenvalue weighted by molar-refractivity contribution is 7.89. The third kappa shape index (κ3) is 3.59. The summed E-state index contributed by atoms with van der Waals surface area (Å²) < 4.78 is 26.9. The van der Waals surface area contributed by atoms with Crippen molar-refractivity contribution in [1.82, 2.24) is 19.8 Å². The second kappa shape index (κ2) is 6.89. The van der Waals surface area contributed by atoms with Crippen LogP contribution in [0.4, 0.5) is 0 Å². The Morgan fingerprint density at radius 3 is 2.62 bits per heavy atom. The van der Waals surface area contributed by atoms with Crippen LogP contribution >= 0.6 is 0 Å². The number of nitrogens with one attached hydrogen (secondary N) is 2. The smallest absolute Gasteiger partial charge is 0.325 e. The van der Waals surface area contributed by atoms with Crippen LogP contribution in [0.5, 0.6) is 0 Å². The number of H-pyrrole nitrogens is 1. The quantitative estimate of drug-likeness (QED) is 0.679. The van der Waals surface area contributed by atoms with E-state index < -0.39 is 33.9 Å². The summed E-state index contributed by atoms with van der Waals surface area (Å²) in [6.07, 6.45) is 1.06. The minimum atomic E-state index is -3.75. The number of rotatable bonds is 5. The normalized spacial score (nSPS) is 20.5. The molecule has 0 aliphatic carbocycles. The number of sulfonamides is 1. The summed E-state index contributed by atoms with van der Waals surface area (Å²) in [6, 6.07) is -1.01. The molecular formula is C14H22N4O5S. The molecule has 10 heteroatoms. The van der Waals surface area contributed by atoms with Crippen molar-refractivity contribution >= 4 is 21.9 Å². The van der Waals surface area contributed by atoms with E-state index in [9.17, 15) is 18.0 Å². The number of hydrogen-bond acceptors (Lipinski definition) is 5. The zero-order valence-electron chi connectivity index (χ0n) is 13.9. The standard InChI is InChI=1S/C14H22N4O5S/c1-8-12(9(2)17-16-8)24(22,23)18-6-4-5-11(7-18)13(19)15-10(3)14(20)21/h10-11H,4-7H2,1-3H3,(H,15,19)(H,16,17)(H,20,21)/t10-,11?/m0/s1. The summed E-state index contributed by atoms with van der Waals surface area (Å²) in [6.45, 7) is 4.97. The van der Waals surface area contributed by atoms with Gasteiger partial charge in [-0.1, -0.05) is 0 Å². The molecule has 0 spiro atoms. The SMILES string of the molecule is Cc1n[nH]c(C)c1S(=O)(=O)N1CCCC(C(=O)N[C@@H](C)C(=O)O)C1. The maximum absolute atomic E-state index is 12.8. The van der Waals surface area contributed by atoms with Crippen LogP contribution in [0.15, 0.2) is 4.90 Å². The number of nitrogens with zero attached hydrogens (tertiary/aromatic N) is 2. The molecule has 1 aromatic heterocycles. The number of carboxylic acids is 1. The van der Waals surface area contributed by atoms with Crippen LogP contribution in [-0.2, 0) is 19.6 Å². The van der Waals surface area contributed by atoms with Crippen molar-refractivity contribution in [2.45, 2.75) is 44.6 Å². The fourth-order valence-electron chi connectivity index (χ4n) is 2.82. The first kappa shape index (κ1) is 18.4. The number of aromatic nitrogens is 2. The van der Waals surface area contributed by atoms with Crippen LogP contribution in [-0.4, -0.2) is 59.0 Å². The zero-order valence-corrected chi connectivity index (χ0v) is 14.7. The van der Waals surface area contributed by atoms with Crippen LogP contribution < -0.4 is 5.32 Å². The summed E-state index contributed by atoms with van der Waals surface area (Å²) in [5, 5.41) is 17.8. The molecule has 2 heterocycles. The summed E-state index contributed by atoms with van der Waals surface area (Å²) in [5.74, 6) is -2.14. The number of carbonyl (C=O) groups excluding carboxylic acids is 1. The Morgan fingerprint density at radius 1 is 1.42 bits per heavy atom. The average molecular weight is 358 g/mol. The molecule has 0 saturated carbocycles. The molecule has 0 radical (unpaired) electrons. The molecule has 1 aliphatic rings. The summed E-state index contributed by atoms with van der Waals surface area (Å²) in [4.78, 5) is 23.2. The topological polar surface area (TPSA) is 132 Å². The van der Waals surface area contributed by atoms with Gasteiger partial charge in [0.05, 0.1) is 17.3 Å². The fourth-order valence-corrected chi connectivity index (χ4v) is 4.67. The van der Waals surface area contributed by atoms with Gasteiger partial charge in [0.25, 0.3) is 0 Å². The third-order valence-electron chi connectivity index (χ3n) is 4.14. The third-order valence-corrected chi connectivity index (χ3v) is 6.27. The van der Waals surface area contributed by atoms with Crippen LogP contribution in [0.1, 0.15) is 31.2 Å². The molecule has 1 amide bonds. The molecule has 0 aromatic carbocycles. The Hall–Kier alpha value is -1.94. The van der Waals surface area contributed by atoms with Gasteiger partial charge in [-0.25, -0.2) is 8.42 Å². The van der Waals surface area contributed by atoms with Crippen molar-refractivity contribution in [3.8, 4) is 0 Å². The molecule has 134 valence electrons. The molecule has 2 rings (SSSR count). The predicted molar refractivity (Wildman–Crippen MR) is 84.8 cm³/mol. The van der Waals surface area contributed by atoms with Gasteiger partial charge in [0, 0.05) is 13.1 Å². The predicted octanol–water partition coefficient (Wildman–Crippen LogP) is 0.0165. The Balaban J connectivity index is 2.16. The van der Waals surface area contributed by atoms with E-state index in [0.29, 0.717) is 30.8 Å². The first-order valence-electron chi connectivity index (χ1n) is 7.69. The Kier molecular flexibility index (Phi) is 5.29. The highest BCUT2D eigenvalue weighted by atomic mass is 32.2. The van der Waals surface area contributed by atoms with Gasteiger partial charge in [0.2, 0.25) is 15.9 Å². The van der Waals surface area contributed by atoms with Crippen molar-refractivity contribution in [2.75, 3.05) is 13.1 Å². The van der Waals surface area contributed by atoms with Crippen LogP contribution in [0, 0.1) is 19.8 Å². The maximum Gasteiger partial charge on any atom is 0.325 e. The number of aryl methyl sites for hydroxylation is 2. The summed E-state index contributed by atoms with van der Waals surface area (Å²) in [5.41, 5.74) is 0.845. The van der Waals surface area contributed by atoms with E-state index in [1.807, 2.05) is 0 Å². The molecule has 0 bridgehead atoms. The Bertz CT molecular complexity index is 723. The largest absolute Gasteiger partial charge is 0.480 e. The Morgan fingerprint density at radius 2 is 2.08 bits per heavy atom. The van der Waals surface area contributed by atoms with Crippen molar-refractivity contribution in [2.24, 2.45) is 5.92 Å². The van der Waals surface area contributed by atoms with Gasteiger partial charge < -0.3 is 10.4 Å². The number of amides is 1. The number of carbonyl (C=O) groups is 2. The number of aliphatic carboxylic acids is 1. The van der Waals surface area contributed by atoms with E-state index in [2.05, 4.69) is 15.5 Å². The average Bonchev–Trinajstić information content (AvgIpc) is 2.86. The first-order chi connectivity index (χ1) is 11.1. The van der Waals surface area contributed by atoms with Gasteiger partial charge in [-0.15, -0.1) is 0 Å². The molecule has 2 atom stereocenters. The van der Waals surface area contributed by atoms with Gasteiger partial charge in [0.15, 0.2) is 0 Å². The lowest BCUT2D eigenvalue weighted by Gasteiger charge is -2.31. The molecule has 24 heavy (non-hydrogen) atoms. The van der Waals surface area contributed by atoms with E-state index in [4.69, 9.17) is 5.11 Å². The van der Waals surface area contributed by atoms with Gasteiger partial charge in [-0.3, -0.25) is 14.7 Å². The van der Waals surface area contributed by atoms with Crippen LogP contribution in [0.2, 0.25) is 0 Å². The van der Waals surface area contributed by atoms with E-state index in [1.165, 1.54) is 11.2 Å². The van der Waals surface area contributed by atoms with E-state index in [1.54, 1.807) is 13.8 Å². The van der Waals surface area contributed by atoms with Crippen molar-refractivity contribution in [3.05, 3.63) is 11.4 Å². The molecule has 1 aliphatic heterocycles. The molecule has 1 fully saturated rings. The minimum Gasteiger partial charge on any atom is -0.480 e. The number of hydrogen-bond donors (Lipinski definition) is 3. The number of piperidine rings is 1. The summed E-state index contributed by atoms with van der Waals surface area (Å²) >= 11 is 0. The molecule has 1 unspecified atom stereocenters. The van der Waals surface area contributed by atoms with Gasteiger partial charge >= 0.3 is 5.97 Å². The lowest BCUT2D eigenvalue weighted by Crippen LogP contribution is -2.48. The molecular weight excluding hydrogens is 336 g/mol. The number of carboxylic acid groups (broad SMARTS) is 1. The molecule has 3 N–H and O–H groups in total. The highest BCUT2D eigenvalue weighted by Gasteiger charge is 2.36. The van der Waals surface area contributed by atoms with Crippen molar-refractivity contribution in [1.29, 1.82) is 0 Å². The maximum atomic E-state index is 12.8. The van der Waals surface area contributed by atoms with Gasteiger partial charge in [-0.2, -0.15) is 9.40 Å². The Labute approximate surface area is 140 Å². The number of aromatic amines is 1. The minimum absolute atomic E-state index is 0.0323. The van der Waals surface area contributed by atoms with E-state index in [-0.39, 0.29) is 11.4 Å². The molecule has 9 nitrogen and oxygen atoms in total. The zero-order chi connectivity index (χ0) is 18.1. The lowest BCUT2D eigenvalue weighted by atomic mass is 9.98. The summed E-state index contributed by atoms with van der Waals surface area (Å²) in [7, 11) is -3.75. The van der Waals surface area contributed by atoms with Crippen molar-refractivity contribution < 1.29 is 23.1 Å². The van der Waals surface area contributed by atoms with Crippen LogP contribution in [0.3, 0.4) is 0 Å². The van der Waals surface area contributed by atoms with Crippen LogP contribution in [0.25, 0.3) is 0 Å². The first-order valence-corrected chi connectivity index (χ1v) is 9.13. The second-order valence-electron chi connectivity index (χ2n) is 6.03. The van der Waals surface area contributed by atoms with Gasteiger partial charge in [0.1, 0.15) is 10.9 Å². The van der Waals surface area contributed by atoms with Gasteiger partial charge in [-0.05, 0) is 33.6 Å². The fraction of sp³-hybridized carbons (Fsp3) is 0.643. The molecule has 1 saturated heterocycles. The lowest BCUT2D eigenvalue weighted by molar-refractivity contribution is -0.142. The second-order valence-corrected chi connectivity index (χ2v) is 7.91. The highest BCUT2D eigenvalue weighted by Crippen LogP contribution is 2.26.